The molecule has 1 aromatic carbocycles. The van der Waals surface area contributed by atoms with Crippen molar-refractivity contribution in [2.75, 3.05) is 14.2 Å². The molecule has 3 heterocycles. The van der Waals surface area contributed by atoms with Gasteiger partial charge in [-0.1, -0.05) is 18.6 Å². The Morgan fingerprint density at radius 1 is 1.23 bits per heavy atom. The number of carbonyl (C=O) groups is 1. The SMILES string of the molecule is COc1ccc(C(C)N(C)C(=O)c2sc3nc4n(c(=O)c3c2C)CCCCC4)cc1. The summed E-state index contributed by atoms with van der Waals surface area (Å²) < 4.78 is 7.03. The molecule has 0 saturated heterocycles. The zero-order valence-corrected chi connectivity index (χ0v) is 18.7. The lowest BCUT2D eigenvalue weighted by Crippen LogP contribution is -2.29. The number of amides is 1. The van der Waals surface area contributed by atoms with E-state index in [-0.39, 0.29) is 17.5 Å². The van der Waals surface area contributed by atoms with Crippen LogP contribution in [0.1, 0.15) is 58.9 Å². The van der Waals surface area contributed by atoms with Gasteiger partial charge in [0.1, 0.15) is 16.4 Å². The van der Waals surface area contributed by atoms with E-state index in [1.165, 1.54) is 11.3 Å². The predicted molar refractivity (Wildman–Crippen MR) is 120 cm³/mol. The summed E-state index contributed by atoms with van der Waals surface area (Å²) in [6, 6.07) is 7.62. The van der Waals surface area contributed by atoms with Crippen LogP contribution in [0.25, 0.3) is 10.2 Å². The second kappa shape index (κ2) is 8.22. The van der Waals surface area contributed by atoms with Gasteiger partial charge in [-0.2, -0.15) is 0 Å². The van der Waals surface area contributed by atoms with E-state index in [1.807, 2.05) is 42.7 Å². The van der Waals surface area contributed by atoms with Gasteiger partial charge in [-0.05, 0) is 49.9 Å². The number of benzene rings is 1. The van der Waals surface area contributed by atoms with Gasteiger partial charge in [-0.3, -0.25) is 14.2 Å². The number of fused-ring (bicyclic) bond motifs is 2. The van der Waals surface area contributed by atoms with Crippen LogP contribution in [-0.4, -0.2) is 34.5 Å². The van der Waals surface area contributed by atoms with E-state index in [0.717, 1.165) is 48.4 Å². The molecule has 158 valence electrons. The fourth-order valence-electron chi connectivity index (χ4n) is 4.06. The predicted octanol–water partition coefficient (Wildman–Crippen LogP) is 4.33. The Morgan fingerprint density at radius 2 is 1.97 bits per heavy atom. The van der Waals surface area contributed by atoms with Gasteiger partial charge in [0.15, 0.2) is 0 Å². The van der Waals surface area contributed by atoms with Gasteiger partial charge in [0, 0.05) is 20.0 Å². The summed E-state index contributed by atoms with van der Waals surface area (Å²) in [6.45, 7) is 4.58. The van der Waals surface area contributed by atoms with Crippen molar-refractivity contribution in [3.05, 3.63) is 56.4 Å². The van der Waals surface area contributed by atoms with Crippen LogP contribution in [0.5, 0.6) is 5.75 Å². The summed E-state index contributed by atoms with van der Waals surface area (Å²) in [5, 5.41) is 0.597. The molecule has 0 radical (unpaired) electrons. The minimum atomic E-state index is -0.112. The number of ether oxygens (including phenoxy) is 1. The Morgan fingerprint density at radius 3 is 2.67 bits per heavy atom. The van der Waals surface area contributed by atoms with E-state index in [9.17, 15) is 9.59 Å². The normalized spacial score (nSPS) is 14.8. The monoisotopic (exact) mass is 425 g/mol. The van der Waals surface area contributed by atoms with Gasteiger partial charge in [-0.25, -0.2) is 4.98 Å². The number of hydrogen-bond acceptors (Lipinski definition) is 5. The maximum absolute atomic E-state index is 13.3. The summed E-state index contributed by atoms with van der Waals surface area (Å²) in [5.74, 6) is 1.55. The number of rotatable bonds is 4. The molecule has 0 N–H and O–H groups in total. The van der Waals surface area contributed by atoms with Crippen molar-refractivity contribution >= 4 is 27.5 Å². The Bertz CT molecular complexity index is 1150. The molecule has 1 unspecified atom stereocenters. The minimum Gasteiger partial charge on any atom is -0.497 e. The molecule has 0 aliphatic carbocycles. The average molecular weight is 426 g/mol. The molecular weight excluding hydrogens is 398 g/mol. The minimum absolute atomic E-state index is 0.00411. The van der Waals surface area contributed by atoms with Crippen LogP contribution in [0.3, 0.4) is 0 Å². The molecule has 1 aliphatic rings. The lowest BCUT2D eigenvalue weighted by atomic mass is 10.1. The van der Waals surface area contributed by atoms with Crippen LogP contribution in [-0.2, 0) is 13.0 Å². The van der Waals surface area contributed by atoms with Crippen molar-refractivity contribution in [2.45, 2.75) is 52.1 Å². The van der Waals surface area contributed by atoms with Crippen LogP contribution in [0.15, 0.2) is 29.1 Å². The smallest absolute Gasteiger partial charge is 0.264 e. The van der Waals surface area contributed by atoms with Crippen molar-refractivity contribution in [3.63, 3.8) is 0 Å². The second-order valence-corrected chi connectivity index (χ2v) is 8.90. The van der Waals surface area contributed by atoms with Gasteiger partial charge >= 0.3 is 0 Å². The lowest BCUT2D eigenvalue weighted by molar-refractivity contribution is 0.0747. The van der Waals surface area contributed by atoms with Gasteiger partial charge in [0.2, 0.25) is 0 Å². The molecule has 6 nitrogen and oxygen atoms in total. The van der Waals surface area contributed by atoms with Crippen LogP contribution >= 0.6 is 11.3 Å². The molecule has 0 spiro atoms. The Balaban J connectivity index is 1.69. The maximum Gasteiger partial charge on any atom is 0.264 e. The fourth-order valence-corrected chi connectivity index (χ4v) is 5.23. The first-order valence-corrected chi connectivity index (χ1v) is 11.2. The van der Waals surface area contributed by atoms with E-state index in [1.54, 1.807) is 19.1 Å². The van der Waals surface area contributed by atoms with E-state index >= 15 is 0 Å². The first-order chi connectivity index (χ1) is 14.4. The van der Waals surface area contributed by atoms with Crippen LogP contribution in [0.2, 0.25) is 0 Å². The molecule has 30 heavy (non-hydrogen) atoms. The van der Waals surface area contributed by atoms with E-state index in [2.05, 4.69) is 0 Å². The number of thiophene rings is 1. The van der Waals surface area contributed by atoms with Crippen molar-refractivity contribution < 1.29 is 9.53 Å². The summed E-state index contributed by atoms with van der Waals surface area (Å²) >= 11 is 1.34. The number of methoxy groups -OCH3 is 1. The number of carbonyl (C=O) groups excluding carboxylic acids is 1. The molecule has 4 rings (SSSR count). The third kappa shape index (κ3) is 3.51. The van der Waals surface area contributed by atoms with Gasteiger partial charge in [0.25, 0.3) is 11.5 Å². The quantitative estimate of drug-likeness (QED) is 0.624. The number of aryl methyl sites for hydroxylation is 2. The van der Waals surface area contributed by atoms with Crippen molar-refractivity contribution in [1.82, 2.24) is 14.5 Å². The average Bonchev–Trinajstić information content (AvgIpc) is 2.93. The van der Waals surface area contributed by atoms with E-state index in [0.29, 0.717) is 21.6 Å². The summed E-state index contributed by atoms with van der Waals surface area (Å²) in [4.78, 5) is 34.3. The largest absolute Gasteiger partial charge is 0.497 e. The number of hydrogen-bond donors (Lipinski definition) is 0. The Kier molecular flexibility index (Phi) is 5.64. The highest BCUT2D eigenvalue weighted by Crippen LogP contribution is 2.31. The van der Waals surface area contributed by atoms with E-state index < -0.39 is 0 Å². The summed E-state index contributed by atoms with van der Waals surface area (Å²) in [6.07, 6.45) is 3.99. The molecule has 0 bridgehead atoms. The Labute approximate surface area is 180 Å². The first-order valence-electron chi connectivity index (χ1n) is 10.4. The Hall–Kier alpha value is -2.67. The molecule has 0 fully saturated rings. The van der Waals surface area contributed by atoms with Crippen LogP contribution in [0.4, 0.5) is 0 Å². The first kappa shape index (κ1) is 20.6. The highest BCUT2D eigenvalue weighted by Gasteiger charge is 2.26. The number of nitrogens with zero attached hydrogens (tertiary/aromatic N) is 3. The summed E-state index contributed by atoms with van der Waals surface area (Å²) in [5.41, 5.74) is 1.76. The zero-order chi connectivity index (χ0) is 21.4. The van der Waals surface area contributed by atoms with Crippen molar-refractivity contribution in [1.29, 1.82) is 0 Å². The molecule has 3 aromatic rings. The lowest BCUT2D eigenvalue weighted by Gasteiger charge is -2.25. The highest BCUT2D eigenvalue weighted by molar-refractivity contribution is 7.20. The molecule has 7 heteroatoms. The van der Waals surface area contributed by atoms with Gasteiger partial charge in [0.05, 0.1) is 23.4 Å². The van der Waals surface area contributed by atoms with Crippen molar-refractivity contribution in [2.24, 2.45) is 0 Å². The zero-order valence-electron chi connectivity index (χ0n) is 17.9. The summed E-state index contributed by atoms with van der Waals surface area (Å²) in [7, 11) is 3.44. The third-order valence-electron chi connectivity index (χ3n) is 6.11. The fraction of sp³-hybridized carbons (Fsp3) is 0.435. The topological polar surface area (TPSA) is 64.4 Å². The van der Waals surface area contributed by atoms with Crippen molar-refractivity contribution in [3.8, 4) is 5.75 Å². The molecule has 1 aliphatic heterocycles. The van der Waals surface area contributed by atoms with Crippen LogP contribution in [0, 0.1) is 6.92 Å². The number of aromatic nitrogens is 2. The van der Waals surface area contributed by atoms with Gasteiger partial charge < -0.3 is 9.64 Å². The molecule has 1 amide bonds. The molecule has 2 aromatic heterocycles. The standard InChI is InChI=1S/C23H27N3O3S/c1-14-19-21(24-18-8-6-5-7-13-26(18)22(19)27)30-20(14)23(28)25(3)15(2)16-9-11-17(29-4)12-10-16/h9-12,15H,5-8,13H2,1-4H3. The van der Waals surface area contributed by atoms with Crippen LogP contribution < -0.4 is 10.3 Å². The maximum atomic E-state index is 13.3. The van der Waals surface area contributed by atoms with E-state index in [4.69, 9.17) is 9.72 Å². The molecule has 1 atom stereocenters. The molecular formula is C23H27N3O3S. The third-order valence-corrected chi connectivity index (χ3v) is 7.28. The highest BCUT2D eigenvalue weighted by atomic mass is 32.1. The molecule has 0 saturated carbocycles. The van der Waals surface area contributed by atoms with Gasteiger partial charge in [-0.15, -0.1) is 11.3 Å². The second-order valence-electron chi connectivity index (χ2n) is 7.90.